The van der Waals surface area contributed by atoms with Crippen LogP contribution < -0.4 is 0 Å². The van der Waals surface area contributed by atoms with Crippen LogP contribution in [-0.4, -0.2) is 22.2 Å². The van der Waals surface area contributed by atoms with Crippen molar-refractivity contribution in [2.45, 2.75) is 18.1 Å². The second kappa shape index (κ2) is 5.56. The van der Waals surface area contributed by atoms with Crippen molar-refractivity contribution in [3.05, 3.63) is 35.4 Å². The van der Waals surface area contributed by atoms with Crippen molar-refractivity contribution < 1.29 is 10.2 Å². The number of rotatable bonds is 4. The Bertz CT molecular complexity index is 274. The summed E-state index contributed by atoms with van der Waals surface area (Å²) in [6.07, 6.45) is -1.87. The fraction of sp³-hybridized carbons (Fsp3) is 0.400. The van der Waals surface area contributed by atoms with Crippen LogP contribution in [0.4, 0.5) is 0 Å². The van der Waals surface area contributed by atoms with E-state index in [0.717, 1.165) is 5.56 Å². The summed E-state index contributed by atoms with van der Waals surface area (Å²) >= 11 is 11.0. The predicted octanol–water partition coefficient (Wildman–Crippen LogP) is 2.06. The molecule has 4 heteroatoms. The third kappa shape index (κ3) is 2.85. The molecule has 0 saturated heterocycles. The topological polar surface area (TPSA) is 40.5 Å². The molecule has 0 fully saturated rings. The van der Waals surface area contributed by atoms with E-state index in [1.165, 1.54) is 0 Å². The molecular formula is C10H12Cl2O2. The van der Waals surface area contributed by atoms with Crippen LogP contribution in [-0.2, 0) is 5.88 Å². The van der Waals surface area contributed by atoms with E-state index in [4.69, 9.17) is 23.2 Å². The molecule has 0 heterocycles. The molecule has 0 saturated carbocycles. The van der Waals surface area contributed by atoms with Crippen LogP contribution in [0.5, 0.6) is 0 Å². The minimum absolute atomic E-state index is 0.0123. The Hall–Kier alpha value is -0.280. The molecule has 0 radical (unpaired) electrons. The first-order valence-electron chi connectivity index (χ1n) is 4.26. The van der Waals surface area contributed by atoms with Crippen molar-refractivity contribution in [3.63, 3.8) is 0 Å². The van der Waals surface area contributed by atoms with Crippen LogP contribution in [0.15, 0.2) is 24.3 Å². The summed E-state index contributed by atoms with van der Waals surface area (Å²) in [4.78, 5) is 0. The molecule has 2 N–H and O–H groups in total. The first-order valence-corrected chi connectivity index (χ1v) is 5.33. The normalized spacial score (nSPS) is 15.1. The number of halogens is 2. The van der Waals surface area contributed by atoms with Gasteiger partial charge in [0.15, 0.2) is 0 Å². The lowest BCUT2D eigenvalue weighted by molar-refractivity contribution is 0.0327. The number of alkyl halides is 2. The lowest BCUT2D eigenvalue weighted by Gasteiger charge is -2.15. The van der Waals surface area contributed by atoms with Gasteiger partial charge in [-0.1, -0.05) is 24.3 Å². The Morgan fingerprint density at radius 1 is 1.07 bits per heavy atom. The maximum atomic E-state index is 9.59. The second-order valence-electron chi connectivity index (χ2n) is 3.04. The van der Waals surface area contributed by atoms with Gasteiger partial charge in [-0.2, -0.15) is 0 Å². The Labute approximate surface area is 93.1 Å². The summed E-state index contributed by atoms with van der Waals surface area (Å²) in [6.45, 7) is 0. The Morgan fingerprint density at radius 2 is 1.64 bits per heavy atom. The Morgan fingerprint density at radius 3 is 2.07 bits per heavy atom. The fourth-order valence-electron chi connectivity index (χ4n) is 1.11. The molecule has 2 atom stereocenters. The van der Waals surface area contributed by atoms with Gasteiger partial charge in [0.25, 0.3) is 0 Å². The zero-order valence-corrected chi connectivity index (χ0v) is 9.04. The van der Waals surface area contributed by atoms with Gasteiger partial charge in [-0.05, 0) is 11.1 Å². The van der Waals surface area contributed by atoms with Crippen LogP contribution in [0.2, 0.25) is 0 Å². The van der Waals surface area contributed by atoms with E-state index in [9.17, 15) is 10.2 Å². The largest absolute Gasteiger partial charge is 0.389 e. The first-order chi connectivity index (χ1) is 6.69. The molecule has 0 aromatic heterocycles. The molecule has 1 aromatic carbocycles. The van der Waals surface area contributed by atoms with Gasteiger partial charge in [0.2, 0.25) is 0 Å². The van der Waals surface area contributed by atoms with Crippen LogP contribution in [0, 0.1) is 0 Å². The number of benzene rings is 1. The summed E-state index contributed by atoms with van der Waals surface area (Å²) in [5.74, 6) is 0.451. The van der Waals surface area contributed by atoms with Crippen molar-refractivity contribution in [1.29, 1.82) is 0 Å². The summed E-state index contributed by atoms with van der Waals surface area (Å²) < 4.78 is 0. The Balaban J connectivity index is 2.75. The van der Waals surface area contributed by atoms with Gasteiger partial charge in [0, 0.05) is 5.88 Å². The fourth-order valence-corrected chi connectivity index (χ4v) is 1.46. The van der Waals surface area contributed by atoms with E-state index in [2.05, 4.69) is 0 Å². The average Bonchev–Trinajstić information content (AvgIpc) is 2.27. The summed E-state index contributed by atoms with van der Waals surface area (Å²) in [5.41, 5.74) is 1.62. The molecule has 14 heavy (non-hydrogen) atoms. The molecule has 0 amide bonds. The van der Waals surface area contributed by atoms with Crippen molar-refractivity contribution in [3.8, 4) is 0 Å². The van der Waals surface area contributed by atoms with Gasteiger partial charge >= 0.3 is 0 Å². The maximum absolute atomic E-state index is 9.59. The third-order valence-electron chi connectivity index (χ3n) is 2.00. The second-order valence-corrected chi connectivity index (χ2v) is 3.62. The number of aliphatic hydroxyl groups excluding tert-OH is 2. The van der Waals surface area contributed by atoms with Gasteiger partial charge in [0.1, 0.15) is 6.10 Å². The van der Waals surface area contributed by atoms with Gasteiger partial charge < -0.3 is 10.2 Å². The van der Waals surface area contributed by atoms with Crippen LogP contribution >= 0.6 is 23.2 Å². The van der Waals surface area contributed by atoms with Crippen LogP contribution in [0.3, 0.4) is 0 Å². The molecule has 78 valence electrons. The monoisotopic (exact) mass is 234 g/mol. The van der Waals surface area contributed by atoms with Crippen molar-refractivity contribution in [2.75, 3.05) is 5.88 Å². The summed E-state index contributed by atoms with van der Waals surface area (Å²) in [7, 11) is 0. The molecule has 2 nitrogen and oxygen atoms in total. The highest BCUT2D eigenvalue weighted by molar-refractivity contribution is 6.18. The number of aliphatic hydroxyl groups is 2. The molecule has 0 aliphatic carbocycles. The van der Waals surface area contributed by atoms with E-state index >= 15 is 0 Å². The highest BCUT2D eigenvalue weighted by Crippen LogP contribution is 2.18. The zero-order valence-electron chi connectivity index (χ0n) is 7.53. The van der Waals surface area contributed by atoms with E-state index in [0.29, 0.717) is 11.4 Å². The molecule has 0 bridgehead atoms. The van der Waals surface area contributed by atoms with Gasteiger partial charge in [-0.3, -0.25) is 0 Å². The SMILES string of the molecule is OC(CCl)C(O)c1ccc(CCl)cc1. The molecule has 0 aliphatic heterocycles. The Kier molecular flexibility index (Phi) is 4.69. The predicted molar refractivity (Wildman–Crippen MR) is 57.7 cm³/mol. The maximum Gasteiger partial charge on any atom is 0.106 e. The van der Waals surface area contributed by atoms with E-state index in [1.54, 1.807) is 12.1 Å². The van der Waals surface area contributed by atoms with Gasteiger partial charge in [-0.25, -0.2) is 0 Å². The van der Waals surface area contributed by atoms with Gasteiger partial charge in [-0.15, -0.1) is 23.2 Å². The van der Waals surface area contributed by atoms with Gasteiger partial charge in [0.05, 0.1) is 12.0 Å². The number of hydrogen-bond donors (Lipinski definition) is 2. The number of hydrogen-bond acceptors (Lipinski definition) is 2. The average molecular weight is 235 g/mol. The molecule has 1 rings (SSSR count). The first kappa shape index (κ1) is 11.8. The van der Waals surface area contributed by atoms with Crippen molar-refractivity contribution in [2.24, 2.45) is 0 Å². The lowest BCUT2D eigenvalue weighted by Crippen LogP contribution is -2.19. The summed E-state index contributed by atoms with van der Waals surface area (Å²) in [6, 6.07) is 7.09. The van der Waals surface area contributed by atoms with Crippen molar-refractivity contribution >= 4 is 23.2 Å². The lowest BCUT2D eigenvalue weighted by atomic mass is 10.0. The van der Waals surface area contributed by atoms with E-state index in [1.807, 2.05) is 12.1 Å². The minimum Gasteiger partial charge on any atom is -0.389 e. The molecule has 1 aromatic rings. The van der Waals surface area contributed by atoms with E-state index < -0.39 is 12.2 Å². The molecule has 0 aliphatic rings. The highest BCUT2D eigenvalue weighted by atomic mass is 35.5. The summed E-state index contributed by atoms with van der Waals surface area (Å²) in [5, 5.41) is 18.9. The quantitative estimate of drug-likeness (QED) is 0.784. The minimum atomic E-state index is -0.933. The van der Waals surface area contributed by atoms with Crippen molar-refractivity contribution in [1.82, 2.24) is 0 Å². The van der Waals surface area contributed by atoms with Crippen LogP contribution in [0.25, 0.3) is 0 Å². The smallest absolute Gasteiger partial charge is 0.106 e. The molecular weight excluding hydrogens is 223 g/mol. The third-order valence-corrected chi connectivity index (χ3v) is 2.62. The highest BCUT2D eigenvalue weighted by Gasteiger charge is 2.16. The van der Waals surface area contributed by atoms with Crippen LogP contribution in [0.1, 0.15) is 17.2 Å². The standard InChI is InChI=1S/C10H12Cl2O2/c11-5-7-1-3-8(4-2-7)10(14)9(13)6-12/h1-4,9-10,13-14H,5-6H2. The zero-order chi connectivity index (χ0) is 10.6. The molecule has 0 spiro atoms. The van der Waals surface area contributed by atoms with E-state index in [-0.39, 0.29) is 5.88 Å². The molecule has 2 unspecified atom stereocenters.